The smallest absolute Gasteiger partial charge is 0.117 e. The van der Waals surface area contributed by atoms with Crippen molar-refractivity contribution in [2.75, 3.05) is 6.54 Å². The van der Waals surface area contributed by atoms with Gasteiger partial charge in [-0.15, -0.1) is 11.8 Å². The maximum absolute atomic E-state index is 14.4. The van der Waals surface area contributed by atoms with Gasteiger partial charge in [0.2, 0.25) is 0 Å². The average molecular weight is 412 g/mol. The van der Waals surface area contributed by atoms with E-state index in [1.807, 2.05) is 29.3 Å². The Morgan fingerprint density at radius 3 is 2.62 bits per heavy atom. The zero-order valence-corrected chi connectivity index (χ0v) is 18.7. The van der Waals surface area contributed by atoms with Gasteiger partial charge < -0.3 is 10.3 Å². The molecule has 3 rings (SSSR count). The summed E-state index contributed by atoms with van der Waals surface area (Å²) >= 11 is 1.84. The maximum Gasteiger partial charge on any atom is 0.117 e. The van der Waals surface area contributed by atoms with Gasteiger partial charge in [-0.05, 0) is 48.7 Å². The monoisotopic (exact) mass is 411 g/mol. The molecular weight excluding hydrogens is 381 g/mol. The first-order valence-corrected chi connectivity index (χ1v) is 11.0. The van der Waals surface area contributed by atoms with Crippen molar-refractivity contribution in [1.82, 2.24) is 9.55 Å². The van der Waals surface area contributed by atoms with Crippen LogP contribution in [0, 0.1) is 6.92 Å². The van der Waals surface area contributed by atoms with Crippen LogP contribution < -0.4 is 5.73 Å². The topological polar surface area (TPSA) is 43.8 Å². The second-order valence-corrected chi connectivity index (χ2v) is 9.54. The van der Waals surface area contributed by atoms with E-state index in [9.17, 15) is 4.39 Å². The summed E-state index contributed by atoms with van der Waals surface area (Å²) < 4.78 is 16.4. The van der Waals surface area contributed by atoms with Crippen LogP contribution in [0.15, 0.2) is 53.2 Å². The maximum atomic E-state index is 14.4. The average Bonchev–Trinajstić information content (AvgIpc) is 2.92. The molecule has 2 N–H and O–H groups in total. The van der Waals surface area contributed by atoms with Crippen LogP contribution in [0.25, 0.3) is 22.2 Å². The molecule has 3 aromatic rings. The number of halogens is 1. The lowest BCUT2D eigenvalue weighted by Crippen LogP contribution is -2.03. The zero-order valence-electron chi connectivity index (χ0n) is 17.9. The summed E-state index contributed by atoms with van der Waals surface area (Å²) in [5.41, 5.74) is 11.6. The summed E-state index contributed by atoms with van der Waals surface area (Å²) in [6.07, 6.45) is 1.43. The van der Waals surface area contributed by atoms with Crippen molar-refractivity contribution < 1.29 is 4.39 Å². The van der Waals surface area contributed by atoms with E-state index in [1.54, 1.807) is 0 Å². The summed E-state index contributed by atoms with van der Waals surface area (Å²) in [6, 6.07) is 12.7. The van der Waals surface area contributed by atoms with Crippen molar-refractivity contribution in [2.24, 2.45) is 5.73 Å². The predicted molar refractivity (Wildman–Crippen MR) is 123 cm³/mol. The number of rotatable bonds is 7. The number of benzene rings is 1. The summed E-state index contributed by atoms with van der Waals surface area (Å²) in [5, 5.41) is 0.508. The highest BCUT2D eigenvalue weighted by Gasteiger charge is 2.19. The molecule has 0 unspecified atom stereocenters. The SMILES string of the molecule is Cc1c(-c2cccc(SC(C)C)c2)c2nc(C(C)C)ccc2n1C/C(F)=C/CN. The summed E-state index contributed by atoms with van der Waals surface area (Å²) in [7, 11) is 0. The molecule has 0 aliphatic rings. The first-order valence-electron chi connectivity index (χ1n) is 10.1. The second-order valence-electron chi connectivity index (χ2n) is 7.89. The number of allylic oxidation sites excluding steroid dienone is 1. The number of aromatic nitrogens is 2. The largest absolute Gasteiger partial charge is 0.336 e. The number of fused-ring (bicyclic) bond motifs is 1. The molecule has 5 heteroatoms. The number of thioether (sulfide) groups is 1. The number of pyridine rings is 1. The third kappa shape index (κ3) is 4.73. The van der Waals surface area contributed by atoms with E-state index in [-0.39, 0.29) is 18.9 Å². The number of hydrogen-bond donors (Lipinski definition) is 1. The fraction of sp³-hybridized carbons (Fsp3) is 0.375. The van der Waals surface area contributed by atoms with Gasteiger partial charge in [0.25, 0.3) is 0 Å². The van der Waals surface area contributed by atoms with Crippen molar-refractivity contribution in [3.8, 4) is 11.1 Å². The Morgan fingerprint density at radius 2 is 1.97 bits per heavy atom. The Hall–Kier alpha value is -2.11. The zero-order chi connectivity index (χ0) is 21.1. The van der Waals surface area contributed by atoms with Gasteiger partial charge in [-0.3, -0.25) is 4.98 Å². The Bertz CT molecular complexity index is 1030. The van der Waals surface area contributed by atoms with Crippen molar-refractivity contribution in [3.05, 3.63) is 59.7 Å². The van der Waals surface area contributed by atoms with Gasteiger partial charge in [-0.1, -0.05) is 39.8 Å². The molecule has 0 bridgehead atoms. The second kappa shape index (κ2) is 9.14. The molecule has 29 heavy (non-hydrogen) atoms. The van der Waals surface area contributed by atoms with E-state index in [2.05, 4.69) is 58.0 Å². The van der Waals surface area contributed by atoms with Crippen LogP contribution in [0.3, 0.4) is 0 Å². The highest BCUT2D eigenvalue weighted by molar-refractivity contribution is 7.99. The van der Waals surface area contributed by atoms with Crippen LogP contribution in [-0.4, -0.2) is 21.3 Å². The third-order valence-electron chi connectivity index (χ3n) is 4.92. The van der Waals surface area contributed by atoms with Gasteiger partial charge in [0.05, 0.1) is 17.6 Å². The molecule has 0 aliphatic carbocycles. The minimum atomic E-state index is -0.226. The highest BCUT2D eigenvalue weighted by atomic mass is 32.2. The normalized spacial score (nSPS) is 12.5. The van der Waals surface area contributed by atoms with E-state index in [4.69, 9.17) is 10.7 Å². The van der Waals surface area contributed by atoms with E-state index in [0.29, 0.717) is 11.2 Å². The van der Waals surface area contributed by atoms with Crippen molar-refractivity contribution in [3.63, 3.8) is 0 Å². The molecular formula is C24H30FN3S. The summed E-state index contributed by atoms with van der Waals surface area (Å²) in [5.74, 6) is 0.101. The van der Waals surface area contributed by atoms with Crippen LogP contribution in [0.4, 0.5) is 4.39 Å². The molecule has 0 aliphatic heterocycles. The molecule has 0 saturated heterocycles. The summed E-state index contributed by atoms with van der Waals surface area (Å²) in [6.45, 7) is 11.1. The molecule has 0 amide bonds. The fourth-order valence-electron chi connectivity index (χ4n) is 3.57. The highest BCUT2D eigenvalue weighted by Crippen LogP contribution is 2.37. The lowest BCUT2D eigenvalue weighted by Gasteiger charge is -2.09. The van der Waals surface area contributed by atoms with Gasteiger partial charge in [0.1, 0.15) is 5.83 Å². The number of nitrogens with zero attached hydrogens (tertiary/aromatic N) is 2. The van der Waals surface area contributed by atoms with Gasteiger partial charge in [-0.25, -0.2) is 4.39 Å². The Balaban J connectivity index is 2.23. The Kier molecular flexibility index (Phi) is 6.81. The molecule has 0 radical (unpaired) electrons. The lowest BCUT2D eigenvalue weighted by molar-refractivity contribution is 0.555. The fourth-order valence-corrected chi connectivity index (χ4v) is 4.46. The quantitative estimate of drug-likeness (QED) is 0.455. The minimum absolute atomic E-state index is 0.169. The van der Waals surface area contributed by atoms with Crippen LogP contribution in [-0.2, 0) is 6.54 Å². The van der Waals surface area contributed by atoms with Gasteiger partial charge >= 0.3 is 0 Å². The van der Waals surface area contributed by atoms with Crippen LogP contribution in [0.2, 0.25) is 0 Å². The van der Waals surface area contributed by atoms with E-state index >= 15 is 0 Å². The van der Waals surface area contributed by atoms with Crippen molar-refractivity contribution in [1.29, 1.82) is 0 Å². The molecule has 0 saturated carbocycles. The van der Waals surface area contributed by atoms with Gasteiger partial charge in [0, 0.05) is 33.6 Å². The van der Waals surface area contributed by atoms with Crippen molar-refractivity contribution >= 4 is 22.8 Å². The predicted octanol–water partition coefficient (Wildman–Crippen LogP) is 6.45. The summed E-state index contributed by atoms with van der Waals surface area (Å²) in [4.78, 5) is 6.21. The van der Waals surface area contributed by atoms with E-state index < -0.39 is 0 Å². The molecule has 0 atom stereocenters. The first-order chi connectivity index (χ1) is 13.8. The molecule has 2 aromatic heterocycles. The molecule has 1 aromatic carbocycles. The molecule has 2 heterocycles. The molecule has 154 valence electrons. The first kappa shape index (κ1) is 21.6. The van der Waals surface area contributed by atoms with Gasteiger partial charge in [0.15, 0.2) is 0 Å². The third-order valence-corrected chi connectivity index (χ3v) is 5.92. The molecule has 0 fully saturated rings. The Morgan fingerprint density at radius 1 is 1.21 bits per heavy atom. The standard InChI is InChI=1S/C24H30FN3S/c1-15(2)21-9-10-22-24(27-21)23(17(5)28(22)14-19(25)11-12-26)18-7-6-8-20(13-18)29-16(3)4/h6-11,13,15-16H,12,14,26H2,1-5H3/b19-11-. The van der Waals surface area contributed by atoms with Gasteiger partial charge in [-0.2, -0.15) is 0 Å². The van der Waals surface area contributed by atoms with Crippen LogP contribution in [0.5, 0.6) is 0 Å². The Labute approximate surface area is 177 Å². The number of nitrogens with two attached hydrogens (primary N) is 1. The van der Waals surface area contributed by atoms with E-state index in [0.717, 1.165) is 33.5 Å². The van der Waals surface area contributed by atoms with E-state index in [1.165, 1.54) is 11.0 Å². The molecule has 3 nitrogen and oxygen atoms in total. The van der Waals surface area contributed by atoms with Crippen LogP contribution >= 0.6 is 11.8 Å². The van der Waals surface area contributed by atoms with Crippen molar-refractivity contribution in [2.45, 2.75) is 57.2 Å². The van der Waals surface area contributed by atoms with Crippen LogP contribution in [0.1, 0.15) is 45.0 Å². The molecule has 0 spiro atoms. The minimum Gasteiger partial charge on any atom is -0.336 e. The lowest BCUT2D eigenvalue weighted by atomic mass is 10.0. The number of hydrogen-bond acceptors (Lipinski definition) is 3.